The van der Waals surface area contributed by atoms with E-state index in [1.54, 1.807) is 0 Å². The number of hydrogen-bond acceptors (Lipinski definition) is 4. The fourth-order valence-corrected chi connectivity index (χ4v) is 3.50. The van der Waals surface area contributed by atoms with E-state index in [2.05, 4.69) is 41.5 Å². The Morgan fingerprint density at radius 3 is 2.48 bits per heavy atom. The van der Waals surface area contributed by atoms with Gasteiger partial charge < -0.3 is 10.2 Å². The van der Waals surface area contributed by atoms with Gasteiger partial charge in [-0.2, -0.15) is 0 Å². The Bertz CT molecular complexity index is 474. The van der Waals surface area contributed by atoms with E-state index in [1.165, 1.54) is 5.56 Å². The summed E-state index contributed by atoms with van der Waals surface area (Å²) in [4.78, 5) is 2.28. The fraction of sp³-hybridized carbons (Fsp3) is 0.625. The number of hydrogen-bond donors (Lipinski definition) is 1. The summed E-state index contributed by atoms with van der Waals surface area (Å²) >= 11 is 0. The zero-order chi connectivity index (χ0) is 15.6. The maximum atomic E-state index is 11.5. The van der Waals surface area contributed by atoms with Crippen LogP contribution in [0.4, 0.5) is 0 Å². The molecule has 5 heteroatoms. The summed E-state index contributed by atoms with van der Waals surface area (Å²) in [7, 11) is -0.739. The van der Waals surface area contributed by atoms with E-state index >= 15 is 0 Å². The summed E-state index contributed by atoms with van der Waals surface area (Å²) in [6.07, 6.45) is 1.73. The van der Waals surface area contributed by atoms with Crippen LogP contribution in [-0.4, -0.2) is 51.5 Å². The largest absolute Gasteiger partial charge is 0.316 e. The monoisotopic (exact) mass is 312 g/mol. The second-order valence-electron chi connectivity index (χ2n) is 5.48. The molecule has 1 rings (SSSR count). The summed E-state index contributed by atoms with van der Waals surface area (Å²) in [5.41, 5.74) is 1.32. The van der Waals surface area contributed by atoms with Crippen molar-refractivity contribution < 1.29 is 8.42 Å². The van der Waals surface area contributed by atoms with Gasteiger partial charge in [0.1, 0.15) is 0 Å². The number of nitrogens with zero attached hydrogens (tertiary/aromatic N) is 1. The molecule has 0 bridgehead atoms. The van der Waals surface area contributed by atoms with Crippen LogP contribution in [0.5, 0.6) is 0 Å². The van der Waals surface area contributed by atoms with E-state index in [0.29, 0.717) is 18.7 Å². The molecule has 0 spiro atoms. The van der Waals surface area contributed by atoms with Gasteiger partial charge in [0, 0.05) is 18.8 Å². The van der Waals surface area contributed by atoms with Crippen LogP contribution in [0.15, 0.2) is 30.3 Å². The van der Waals surface area contributed by atoms with E-state index in [4.69, 9.17) is 0 Å². The molecule has 0 aliphatic heterocycles. The Morgan fingerprint density at radius 2 is 1.81 bits per heavy atom. The van der Waals surface area contributed by atoms with Crippen LogP contribution in [0.25, 0.3) is 0 Å². The zero-order valence-electron chi connectivity index (χ0n) is 13.2. The molecule has 1 aromatic rings. The van der Waals surface area contributed by atoms with Crippen molar-refractivity contribution in [3.8, 4) is 0 Å². The molecule has 120 valence electrons. The lowest BCUT2D eigenvalue weighted by atomic mass is 10.2. The third-order valence-electron chi connectivity index (χ3n) is 3.29. The summed E-state index contributed by atoms with van der Waals surface area (Å²) < 4.78 is 23.1. The minimum atomic E-state index is -2.85. The first-order chi connectivity index (χ1) is 10.0. The quantitative estimate of drug-likeness (QED) is 0.634. The van der Waals surface area contributed by atoms with Gasteiger partial charge in [0.15, 0.2) is 9.84 Å². The third kappa shape index (κ3) is 8.86. The zero-order valence-corrected chi connectivity index (χ0v) is 14.0. The Balaban J connectivity index is 2.06. The minimum absolute atomic E-state index is 0.251. The van der Waals surface area contributed by atoms with Crippen molar-refractivity contribution >= 4 is 9.84 Å². The van der Waals surface area contributed by atoms with Gasteiger partial charge in [-0.3, -0.25) is 0 Å². The van der Waals surface area contributed by atoms with Crippen molar-refractivity contribution in [2.24, 2.45) is 0 Å². The maximum absolute atomic E-state index is 11.5. The average molecular weight is 312 g/mol. The predicted molar refractivity (Wildman–Crippen MR) is 89.2 cm³/mol. The SMILES string of the molecule is CCCS(=O)(=O)CCNCCCN(C)Cc1ccccc1. The van der Waals surface area contributed by atoms with Gasteiger partial charge in [0.2, 0.25) is 0 Å². The smallest absolute Gasteiger partial charge is 0.151 e. The van der Waals surface area contributed by atoms with Crippen LogP contribution in [0.3, 0.4) is 0 Å². The lowest BCUT2D eigenvalue weighted by molar-refractivity contribution is 0.320. The molecule has 0 heterocycles. The molecule has 0 radical (unpaired) electrons. The van der Waals surface area contributed by atoms with Gasteiger partial charge in [-0.05, 0) is 38.5 Å². The molecule has 0 amide bonds. The molecular formula is C16H28N2O2S. The van der Waals surface area contributed by atoms with Gasteiger partial charge in [0.25, 0.3) is 0 Å². The summed E-state index contributed by atoms with van der Waals surface area (Å²) in [6, 6.07) is 10.4. The Labute approximate surface area is 129 Å². The Hall–Kier alpha value is -0.910. The number of sulfone groups is 1. The summed E-state index contributed by atoms with van der Waals surface area (Å²) in [6.45, 7) is 5.27. The van der Waals surface area contributed by atoms with Gasteiger partial charge in [0.05, 0.1) is 5.75 Å². The van der Waals surface area contributed by atoms with Crippen molar-refractivity contribution in [1.29, 1.82) is 0 Å². The molecule has 21 heavy (non-hydrogen) atoms. The molecule has 0 saturated heterocycles. The van der Waals surface area contributed by atoms with Crippen molar-refractivity contribution in [3.63, 3.8) is 0 Å². The second kappa shape index (κ2) is 9.92. The van der Waals surface area contributed by atoms with Crippen LogP contribution >= 0.6 is 0 Å². The number of nitrogens with one attached hydrogen (secondary N) is 1. The fourth-order valence-electron chi connectivity index (χ4n) is 2.21. The average Bonchev–Trinajstić information content (AvgIpc) is 2.43. The van der Waals surface area contributed by atoms with Gasteiger partial charge in [-0.25, -0.2) is 8.42 Å². The van der Waals surface area contributed by atoms with E-state index in [-0.39, 0.29) is 5.75 Å². The highest BCUT2D eigenvalue weighted by atomic mass is 32.2. The number of benzene rings is 1. The third-order valence-corrected chi connectivity index (χ3v) is 5.15. The highest BCUT2D eigenvalue weighted by Gasteiger charge is 2.07. The summed E-state index contributed by atoms with van der Waals surface area (Å²) in [5, 5.41) is 3.21. The molecule has 0 aromatic heterocycles. The Morgan fingerprint density at radius 1 is 1.10 bits per heavy atom. The van der Waals surface area contributed by atoms with Crippen molar-refractivity contribution in [3.05, 3.63) is 35.9 Å². The minimum Gasteiger partial charge on any atom is -0.316 e. The van der Waals surface area contributed by atoms with Crippen LogP contribution in [0.1, 0.15) is 25.3 Å². The first-order valence-electron chi connectivity index (χ1n) is 7.67. The van der Waals surface area contributed by atoms with Crippen molar-refractivity contribution in [2.45, 2.75) is 26.3 Å². The normalized spacial score (nSPS) is 12.0. The van der Waals surface area contributed by atoms with Crippen LogP contribution in [0, 0.1) is 0 Å². The van der Waals surface area contributed by atoms with E-state index in [1.807, 2.05) is 13.0 Å². The molecule has 0 fully saturated rings. The standard InChI is InChI=1S/C16H28N2O2S/c1-3-13-21(19,20)14-11-17-10-7-12-18(2)15-16-8-5-4-6-9-16/h4-6,8-9,17H,3,7,10-15H2,1-2H3. The van der Waals surface area contributed by atoms with Gasteiger partial charge in [-0.1, -0.05) is 37.3 Å². The maximum Gasteiger partial charge on any atom is 0.151 e. The first kappa shape index (κ1) is 18.1. The molecule has 1 aromatic carbocycles. The van der Waals surface area contributed by atoms with Crippen molar-refractivity contribution in [2.75, 3.05) is 38.2 Å². The van der Waals surface area contributed by atoms with E-state index in [9.17, 15) is 8.42 Å². The molecule has 0 unspecified atom stereocenters. The first-order valence-corrected chi connectivity index (χ1v) is 9.49. The van der Waals surface area contributed by atoms with E-state index < -0.39 is 9.84 Å². The van der Waals surface area contributed by atoms with Gasteiger partial charge >= 0.3 is 0 Å². The second-order valence-corrected chi connectivity index (χ2v) is 7.78. The lowest BCUT2D eigenvalue weighted by Gasteiger charge is -2.16. The van der Waals surface area contributed by atoms with Crippen LogP contribution in [-0.2, 0) is 16.4 Å². The van der Waals surface area contributed by atoms with Gasteiger partial charge in [-0.15, -0.1) is 0 Å². The molecule has 1 N–H and O–H groups in total. The molecule has 0 aliphatic carbocycles. The number of rotatable bonds is 11. The Kier molecular flexibility index (Phi) is 8.57. The lowest BCUT2D eigenvalue weighted by Crippen LogP contribution is -2.28. The summed E-state index contributed by atoms with van der Waals surface area (Å²) in [5.74, 6) is 0.551. The molecule has 0 aliphatic rings. The molecular weight excluding hydrogens is 284 g/mol. The van der Waals surface area contributed by atoms with E-state index in [0.717, 1.165) is 26.1 Å². The van der Waals surface area contributed by atoms with Crippen LogP contribution in [0.2, 0.25) is 0 Å². The van der Waals surface area contributed by atoms with Crippen molar-refractivity contribution in [1.82, 2.24) is 10.2 Å². The topological polar surface area (TPSA) is 49.4 Å². The highest BCUT2D eigenvalue weighted by molar-refractivity contribution is 7.91. The van der Waals surface area contributed by atoms with Crippen LogP contribution < -0.4 is 5.32 Å². The highest BCUT2D eigenvalue weighted by Crippen LogP contribution is 2.02. The molecule has 0 saturated carbocycles. The predicted octanol–water partition coefficient (Wildman–Crippen LogP) is 1.92. The molecule has 4 nitrogen and oxygen atoms in total. The molecule has 0 atom stereocenters.